The fourth-order valence-corrected chi connectivity index (χ4v) is 2.97. The third kappa shape index (κ3) is 4.97. The SMILES string of the molecule is CCc1ccccc1NC(=O)CN(C)C(=O)c1cccc(NC(=O)C2CC2)c1. The monoisotopic (exact) mass is 379 g/mol. The van der Waals surface area contributed by atoms with E-state index >= 15 is 0 Å². The molecule has 28 heavy (non-hydrogen) atoms. The molecule has 0 heterocycles. The van der Waals surface area contributed by atoms with Crippen LogP contribution in [0.4, 0.5) is 11.4 Å². The summed E-state index contributed by atoms with van der Waals surface area (Å²) in [5.74, 6) is -0.444. The number of benzene rings is 2. The number of carbonyl (C=O) groups excluding carboxylic acids is 3. The van der Waals surface area contributed by atoms with Gasteiger partial charge < -0.3 is 15.5 Å². The minimum atomic E-state index is -0.276. The highest BCUT2D eigenvalue weighted by Crippen LogP contribution is 2.30. The first-order valence-corrected chi connectivity index (χ1v) is 9.52. The predicted molar refractivity (Wildman–Crippen MR) is 109 cm³/mol. The third-order valence-electron chi connectivity index (χ3n) is 4.73. The van der Waals surface area contributed by atoms with Crippen molar-refractivity contribution in [2.45, 2.75) is 26.2 Å². The molecule has 0 radical (unpaired) electrons. The lowest BCUT2D eigenvalue weighted by atomic mass is 10.1. The Hall–Kier alpha value is -3.15. The van der Waals surface area contributed by atoms with Gasteiger partial charge in [-0.25, -0.2) is 0 Å². The van der Waals surface area contributed by atoms with Gasteiger partial charge in [0.1, 0.15) is 0 Å². The van der Waals surface area contributed by atoms with Crippen molar-refractivity contribution in [2.75, 3.05) is 24.2 Å². The van der Waals surface area contributed by atoms with Gasteiger partial charge in [-0.1, -0.05) is 31.2 Å². The smallest absolute Gasteiger partial charge is 0.254 e. The maximum absolute atomic E-state index is 12.7. The number of rotatable bonds is 7. The van der Waals surface area contributed by atoms with Crippen LogP contribution in [0.1, 0.15) is 35.7 Å². The maximum atomic E-state index is 12.7. The van der Waals surface area contributed by atoms with Gasteiger partial charge in [-0.3, -0.25) is 14.4 Å². The standard InChI is InChI=1S/C22H25N3O3/c1-3-15-7-4-5-10-19(15)24-20(26)14-25(2)22(28)17-8-6-9-18(13-17)23-21(27)16-11-12-16/h4-10,13,16H,3,11-12,14H2,1-2H3,(H,23,27)(H,24,26). The molecule has 0 unspecified atom stereocenters. The molecule has 6 nitrogen and oxygen atoms in total. The van der Waals surface area contributed by atoms with E-state index in [-0.39, 0.29) is 30.2 Å². The number of carbonyl (C=O) groups is 3. The Morgan fingerprint density at radius 2 is 1.79 bits per heavy atom. The van der Waals surface area contributed by atoms with Gasteiger partial charge in [0.05, 0.1) is 6.54 Å². The van der Waals surface area contributed by atoms with Crippen molar-refractivity contribution in [2.24, 2.45) is 5.92 Å². The van der Waals surface area contributed by atoms with E-state index < -0.39 is 0 Å². The average molecular weight is 379 g/mol. The van der Waals surface area contributed by atoms with Crippen molar-refractivity contribution in [1.29, 1.82) is 0 Å². The molecule has 146 valence electrons. The molecule has 0 aliphatic heterocycles. The number of anilines is 2. The van der Waals surface area contributed by atoms with Gasteiger partial charge in [0.2, 0.25) is 11.8 Å². The Kier molecular flexibility index (Phi) is 6.09. The second-order valence-electron chi connectivity index (χ2n) is 7.06. The molecular weight excluding hydrogens is 354 g/mol. The van der Waals surface area contributed by atoms with Crippen molar-refractivity contribution in [3.63, 3.8) is 0 Å². The molecule has 1 fully saturated rings. The van der Waals surface area contributed by atoms with Crippen molar-refractivity contribution < 1.29 is 14.4 Å². The number of nitrogens with zero attached hydrogens (tertiary/aromatic N) is 1. The molecule has 0 saturated heterocycles. The van der Waals surface area contributed by atoms with Crippen molar-refractivity contribution >= 4 is 29.1 Å². The molecule has 1 saturated carbocycles. The molecule has 3 amide bonds. The van der Waals surface area contributed by atoms with Gasteiger partial charge in [-0.15, -0.1) is 0 Å². The van der Waals surface area contributed by atoms with Crippen molar-refractivity contribution in [1.82, 2.24) is 4.90 Å². The van der Waals surface area contributed by atoms with E-state index in [1.807, 2.05) is 31.2 Å². The summed E-state index contributed by atoms with van der Waals surface area (Å²) in [5.41, 5.74) is 2.83. The molecule has 0 atom stereocenters. The Morgan fingerprint density at radius 3 is 2.50 bits per heavy atom. The zero-order valence-corrected chi connectivity index (χ0v) is 16.2. The predicted octanol–water partition coefficient (Wildman–Crippen LogP) is 3.31. The lowest BCUT2D eigenvalue weighted by molar-refractivity contribution is -0.117. The maximum Gasteiger partial charge on any atom is 0.254 e. The van der Waals surface area contributed by atoms with E-state index in [0.717, 1.165) is 30.5 Å². The highest BCUT2D eigenvalue weighted by molar-refractivity contribution is 6.01. The van der Waals surface area contributed by atoms with Gasteiger partial charge >= 0.3 is 0 Å². The van der Waals surface area contributed by atoms with E-state index in [1.54, 1.807) is 31.3 Å². The highest BCUT2D eigenvalue weighted by atomic mass is 16.2. The summed E-state index contributed by atoms with van der Waals surface area (Å²) in [6, 6.07) is 14.4. The summed E-state index contributed by atoms with van der Waals surface area (Å²) < 4.78 is 0. The second-order valence-corrected chi connectivity index (χ2v) is 7.06. The molecule has 0 spiro atoms. The van der Waals surface area contributed by atoms with Crippen molar-refractivity contribution in [3.8, 4) is 0 Å². The van der Waals surface area contributed by atoms with Crippen LogP contribution in [0.15, 0.2) is 48.5 Å². The first-order valence-electron chi connectivity index (χ1n) is 9.52. The summed E-state index contributed by atoms with van der Waals surface area (Å²) in [4.78, 5) is 38.3. The topological polar surface area (TPSA) is 78.5 Å². The summed E-state index contributed by atoms with van der Waals surface area (Å²) in [5, 5.41) is 5.70. The molecule has 2 aromatic carbocycles. The van der Waals surface area contributed by atoms with Crippen LogP contribution in [0.25, 0.3) is 0 Å². The molecule has 1 aliphatic rings. The van der Waals surface area contributed by atoms with Crippen LogP contribution in [0.5, 0.6) is 0 Å². The zero-order chi connectivity index (χ0) is 20.1. The summed E-state index contributed by atoms with van der Waals surface area (Å²) in [6.07, 6.45) is 2.65. The molecular formula is C22H25N3O3. The van der Waals surface area contributed by atoms with Gasteiger partial charge in [0.25, 0.3) is 5.91 Å². The van der Waals surface area contributed by atoms with Gasteiger partial charge in [-0.2, -0.15) is 0 Å². The molecule has 1 aliphatic carbocycles. The largest absolute Gasteiger partial charge is 0.332 e. The van der Waals surface area contributed by atoms with Gasteiger partial charge in [0, 0.05) is 29.9 Å². The van der Waals surface area contributed by atoms with Gasteiger partial charge in [0.15, 0.2) is 0 Å². The van der Waals surface area contributed by atoms with Crippen molar-refractivity contribution in [3.05, 3.63) is 59.7 Å². The number of hydrogen-bond donors (Lipinski definition) is 2. The van der Waals surface area contributed by atoms with Crippen LogP contribution in [-0.2, 0) is 16.0 Å². The van der Waals surface area contributed by atoms with Crippen LogP contribution in [0, 0.1) is 5.92 Å². The molecule has 2 N–H and O–H groups in total. The van der Waals surface area contributed by atoms with Crippen LogP contribution in [0.2, 0.25) is 0 Å². The minimum Gasteiger partial charge on any atom is -0.332 e. The fraction of sp³-hybridized carbons (Fsp3) is 0.318. The number of para-hydroxylation sites is 1. The summed E-state index contributed by atoms with van der Waals surface area (Å²) in [7, 11) is 1.59. The normalized spacial score (nSPS) is 12.9. The number of aryl methyl sites for hydroxylation is 1. The number of hydrogen-bond acceptors (Lipinski definition) is 3. The third-order valence-corrected chi connectivity index (χ3v) is 4.73. The van der Waals surface area contributed by atoms with Gasteiger partial charge in [-0.05, 0) is 49.1 Å². The van der Waals surface area contributed by atoms with Crippen LogP contribution >= 0.6 is 0 Å². The molecule has 0 bridgehead atoms. The van der Waals surface area contributed by atoms with E-state index in [2.05, 4.69) is 10.6 Å². The summed E-state index contributed by atoms with van der Waals surface area (Å²) in [6.45, 7) is 1.96. The van der Waals surface area contributed by atoms with Crippen LogP contribution in [0.3, 0.4) is 0 Å². The lowest BCUT2D eigenvalue weighted by Crippen LogP contribution is -2.35. The first kappa shape index (κ1) is 19.6. The molecule has 3 rings (SSSR count). The second kappa shape index (κ2) is 8.69. The van der Waals surface area contributed by atoms with E-state index in [9.17, 15) is 14.4 Å². The van der Waals surface area contributed by atoms with E-state index in [4.69, 9.17) is 0 Å². The zero-order valence-electron chi connectivity index (χ0n) is 16.2. The molecule has 2 aromatic rings. The Morgan fingerprint density at radius 1 is 1.04 bits per heavy atom. The minimum absolute atomic E-state index is 0.00748. The Balaban J connectivity index is 1.60. The lowest BCUT2D eigenvalue weighted by Gasteiger charge is -2.18. The average Bonchev–Trinajstić information content (AvgIpc) is 3.53. The van der Waals surface area contributed by atoms with E-state index in [0.29, 0.717) is 11.3 Å². The van der Waals surface area contributed by atoms with E-state index in [1.165, 1.54) is 4.90 Å². The number of amides is 3. The Bertz CT molecular complexity index is 890. The number of likely N-dealkylation sites (N-methyl/N-ethyl adjacent to an activating group) is 1. The van der Waals surface area contributed by atoms with Crippen LogP contribution in [-0.4, -0.2) is 36.2 Å². The Labute approximate surface area is 164 Å². The quantitative estimate of drug-likeness (QED) is 0.775. The fourth-order valence-electron chi connectivity index (χ4n) is 2.97. The molecule has 6 heteroatoms. The highest BCUT2D eigenvalue weighted by Gasteiger charge is 2.29. The first-order chi connectivity index (χ1) is 13.5. The molecule has 0 aromatic heterocycles. The van der Waals surface area contributed by atoms with Crippen LogP contribution < -0.4 is 10.6 Å². The summed E-state index contributed by atoms with van der Waals surface area (Å²) >= 11 is 0. The number of nitrogens with one attached hydrogen (secondary N) is 2.